The molecule has 3 heterocycles. The highest BCUT2D eigenvalue weighted by Gasteiger charge is 2.35. The molecule has 9 heteroatoms. The molecule has 5 rings (SSSR count). The van der Waals surface area contributed by atoms with Crippen molar-refractivity contribution in [1.82, 2.24) is 14.9 Å². The maximum absolute atomic E-state index is 13.1. The van der Waals surface area contributed by atoms with Crippen LogP contribution in [0.25, 0.3) is 27.7 Å². The molecule has 35 heavy (non-hydrogen) atoms. The molecule has 1 aliphatic heterocycles. The molecule has 0 unspecified atom stereocenters. The van der Waals surface area contributed by atoms with Gasteiger partial charge in [-0.2, -0.15) is 0 Å². The van der Waals surface area contributed by atoms with Gasteiger partial charge in [-0.3, -0.25) is 19.9 Å². The number of fused-ring (bicyclic) bond motifs is 1. The number of amides is 2. The molecule has 2 amide bonds. The van der Waals surface area contributed by atoms with E-state index in [-0.39, 0.29) is 16.7 Å². The molecule has 2 aromatic carbocycles. The van der Waals surface area contributed by atoms with Gasteiger partial charge >= 0.3 is 5.97 Å². The van der Waals surface area contributed by atoms with Gasteiger partial charge in [-0.25, -0.2) is 4.79 Å². The summed E-state index contributed by atoms with van der Waals surface area (Å²) in [7, 11) is 2.79. The summed E-state index contributed by atoms with van der Waals surface area (Å²) in [5.74, 6) is -1.12. The van der Waals surface area contributed by atoms with Crippen LogP contribution in [0.5, 0.6) is 5.75 Å². The van der Waals surface area contributed by atoms with Crippen LogP contribution >= 0.6 is 11.6 Å². The largest absolute Gasteiger partial charge is 0.496 e. The molecule has 1 N–H and O–H groups in total. The summed E-state index contributed by atoms with van der Waals surface area (Å²) in [6, 6.07) is 13.9. The number of pyridine rings is 1. The molecule has 0 atom stereocenters. The molecule has 0 radical (unpaired) electrons. The van der Waals surface area contributed by atoms with Crippen LogP contribution in [0.1, 0.15) is 21.5 Å². The standard InChI is InChI=1S/C26H18ClN3O5/c1-34-21-6-4-3-5-17(21)22-23(25(32)29-24(22)31)19-13-30(20-8-7-15(27)10-18(19)20)16-9-14(11-28-12-16)26(33)35-2/h3-13H,1-2H3,(H,29,31,32). The number of aromatic nitrogens is 2. The molecular formula is C26H18ClN3O5. The Bertz CT molecular complexity index is 1570. The molecule has 2 aromatic heterocycles. The molecule has 4 aromatic rings. The lowest BCUT2D eigenvalue weighted by molar-refractivity contribution is -0.122. The van der Waals surface area contributed by atoms with Crippen LogP contribution in [-0.4, -0.2) is 41.6 Å². The zero-order chi connectivity index (χ0) is 24.7. The number of ether oxygens (including phenoxy) is 2. The first-order valence-corrected chi connectivity index (χ1v) is 10.9. The number of carbonyl (C=O) groups is 3. The quantitative estimate of drug-likeness (QED) is 0.337. The van der Waals surface area contributed by atoms with Crippen LogP contribution in [-0.2, 0) is 14.3 Å². The normalized spacial score (nSPS) is 13.3. The van der Waals surface area contributed by atoms with Gasteiger partial charge in [-0.1, -0.05) is 29.8 Å². The number of carbonyl (C=O) groups excluding carboxylic acids is 3. The van der Waals surface area contributed by atoms with E-state index in [9.17, 15) is 14.4 Å². The molecule has 1 aliphatic rings. The summed E-state index contributed by atoms with van der Waals surface area (Å²) in [4.78, 5) is 42.2. The summed E-state index contributed by atoms with van der Waals surface area (Å²) in [5.41, 5.74) is 2.92. The van der Waals surface area contributed by atoms with E-state index in [1.165, 1.54) is 20.4 Å². The Morgan fingerprint density at radius 2 is 1.71 bits per heavy atom. The second kappa shape index (κ2) is 8.73. The molecule has 0 fully saturated rings. The minimum absolute atomic E-state index is 0.197. The van der Waals surface area contributed by atoms with E-state index in [4.69, 9.17) is 21.1 Å². The lowest BCUT2D eigenvalue weighted by atomic mass is 9.95. The van der Waals surface area contributed by atoms with Crippen LogP contribution in [0, 0.1) is 0 Å². The Morgan fingerprint density at radius 1 is 0.971 bits per heavy atom. The monoisotopic (exact) mass is 487 g/mol. The van der Waals surface area contributed by atoms with E-state index < -0.39 is 17.8 Å². The van der Waals surface area contributed by atoms with Gasteiger partial charge in [0.1, 0.15) is 5.75 Å². The lowest BCUT2D eigenvalue weighted by Crippen LogP contribution is -2.22. The third-order valence-electron chi connectivity index (χ3n) is 5.77. The van der Waals surface area contributed by atoms with Crippen molar-refractivity contribution in [3.8, 4) is 11.4 Å². The van der Waals surface area contributed by atoms with Gasteiger partial charge in [0, 0.05) is 33.9 Å². The maximum Gasteiger partial charge on any atom is 0.339 e. The van der Waals surface area contributed by atoms with E-state index in [1.54, 1.807) is 65.5 Å². The van der Waals surface area contributed by atoms with Crippen molar-refractivity contribution in [3.05, 3.63) is 88.8 Å². The average Bonchev–Trinajstić information content (AvgIpc) is 3.38. The minimum Gasteiger partial charge on any atom is -0.496 e. The number of rotatable bonds is 5. The highest BCUT2D eigenvalue weighted by Crippen LogP contribution is 2.40. The Labute approximate surface area is 204 Å². The van der Waals surface area contributed by atoms with Crippen molar-refractivity contribution in [2.24, 2.45) is 0 Å². The van der Waals surface area contributed by atoms with Crippen molar-refractivity contribution in [1.29, 1.82) is 0 Å². The minimum atomic E-state index is -0.531. The van der Waals surface area contributed by atoms with Crippen molar-refractivity contribution in [2.75, 3.05) is 14.2 Å². The second-order valence-corrected chi connectivity index (χ2v) is 8.17. The van der Waals surface area contributed by atoms with Crippen molar-refractivity contribution >= 4 is 51.4 Å². The predicted octanol–water partition coefficient (Wildman–Crippen LogP) is 4.04. The number of hydrogen-bond acceptors (Lipinski definition) is 6. The van der Waals surface area contributed by atoms with Gasteiger partial charge in [-0.05, 0) is 30.3 Å². The zero-order valence-electron chi connectivity index (χ0n) is 18.7. The number of hydrogen-bond donors (Lipinski definition) is 1. The topological polar surface area (TPSA) is 99.5 Å². The van der Waals surface area contributed by atoms with Gasteiger partial charge in [-0.15, -0.1) is 0 Å². The van der Waals surface area contributed by atoms with E-state index >= 15 is 0 Å². The first-order chi connectivity index (χ1) is 16.9. The molecule has 8 nitrogen and oxygen atoms in total. The SMILES string of the molecule is COC(=O)c1cncc(-n2cc(C3=C(c4ccccc4OC)C(=O)NC3=O)c3cc(Cl)ccc32)c1. The van der Waals surface area contributed by atoms with E-state index in [2.05, 4.69) is 10.3 Å². The van der Waals surface area contributed by atoms with Crippen LogP contribution in [0.4, 0.5) is 0 Å². The van der Waals surface area contributed by atoms with Gasteiger partial charge < -0.3 is 14.0 Å². The second-order valence-electron chi connectivity index (χ2n) is 7.73. The Balaban J connectivity index is 1.81. The highest BCUT2D eigenvalue weighted by molar-refractivity contribution is 6.50. The Kier molecular flexibility index (Phi) is 5.58. The summed E-state index contributed by atoms with van der Waals surface area (Å²) < 4.78 is 12.0. The molecule has 0 spiro atoms. The van der Waals surface area contributed by atoms with E-state index in [1.807, 2.05) is 0 Å². The van der Waals surface area contributed by atoms with Crippen LogP contribution < -0.4 is 10.1 Å². The van der Waals surface area contributed by atoms with E-state index in [0.717, 1.165) is 0 Å². The summed E-state index contributed by atoms with van der Waals surface area (Å²) in [6.07, 6.45) is 4.71. The van der Waals surface area contributed by atoms with Crippen LogP contribution in [0.15, 0.2) is 67.1 Å². The fraction of sp³-hybridized carbons (Fsp3) is 0.0769. The average molecular weight is 488 g/mol. The van der Waals surface area contributed by atoms with Crippen molar-refractivity contribution in [3.63, 3.8) is 0 Å². The van der Waals surface area contributed by atoms with Gasteiger partial charge in [0.05, 0.1) is 48.3 Å². The number of halogens is 1. The van der Waals surface area contributed by atoms with E-state index in [0.29, 0.717) is 38.5 Å². The summed E-state index contributed by atoms with van der Waals surface area (Å²) in [6.45, 7) is 0. The molecule has 0 saturated carbocycles. The highest BCUT2D eigenvalue weighted by atomic mass is 35.5. The lowest BCUT2D eigenvalue weighted by Gasteiger charge is -2.09. The zero-order valence-corrected chi connectivity index (χ0v) is 19.4. The molecular weight excluding hydrogens is 470 g/mol. The number of imide groups is 1. The van der Waals surface area contributed by atoms with Crippen LogP contribution in [0.2, 0.25) is 5.02 Å². The van der Waals surface area contributed by atoms with Gasteiger partial charge in [0.25, 0.3) is 11.8 Å². The van der Waals surface area contributed by atoms with Crippen molar-refractivity contribution in [2.45, 2.75) is 0 Å². The molecule has 0 aliphatic carbocycles. The fourth-order valence-corrected chi connectivity index (χ4v) is 4.40. The smallest absolute Gasteiger partial charge is 0.339 e. The first-order valence-electron chi connectivity index (χ1n) is 10.5. The van der Waals surface area contributed by atoms with Crippen molar-refractivity contribution < 1.29 is 23.9 Å². The number of nitrogens with zero attached hydrogens (tertiary/aromatic N) is 2. The number of esters is 1. The maximum atomic E-state index is 13.1. The third kappa shape index (κ3) is 3.74. The number of para-hydroxylation sites is 1. The Morgan fingerprint density at radius 3 is 2.46 bits per heavy atom. The van der Waals surface area contributed by atoms with Gasteiger partial charge in [0.2, 0.25) is 0 Å². The molecule has 174 valence electrons. The van der Waals surface area contributed by atoms with Crippen LogP contribution in [0.3, 0.4) is 0 Å². The van der Waals surface area contributed by atoms with Gasteiger partial charge in [0.15, 0.2) is 0 Å². The fourth-order valence-electron chi connectivity index (χ4n) is 4.22. The third-order valence-corrected chi connectivity index (χ3v) is 6.00. The summed E-state index contributed by atoms with van der Waals surface area (Å²) in [5, 5.41) is 3.51. The summed E-state index contributed by atoms with van der Waals surface area (Å²) >= 11 is 6.32. The Hall–Kier alpha value is -4.43. The molecule has 0 bridgehead atoms. The first kappa shape index (κ1) is 22.4. The predicted molar refractivity (Wildman–Crippen MR) is 130 cm³/mol. The molecule has 0 saturated heterocycles. The number of nitrogens with one attached hydrogen (secondary N) is 1. The number of methoxy groups -OCH3 is 2. The number of benzene rings is 2.